The van der Waals surface area contributed by atoms with E-state index in [1.54, 1.807) is 36.4 Å². The first-order valence-corrected chi connectivity index (χ1v) is 12.2. The largest absolute Gasteiger partial charge is 0.468 e. The summed E-state index contributed by atoms with van der Waals surface area (Å²) in [5.74, 6) is 0.475. The lowest BCUT2D eigenvalue weighted by Crippen LogP contribution is -2.48. The standard InChI is InChI=1S/C25H27N3O4S/c1-27-15-16-28(24(19-27)21-6-3-2-4-7-21)25(29)14-11-20-9-12-23(13-10-20)33(30,31)26-18-22-8-5-17-32-22/h2-14,17,24,26H,15-16,18-19H2,1H3/b14-11+. The van der Waals surface area contributed by atoms with E-state index in [1.165, 1.54) is 18.4 Å². The van der Waals surface area contributed by atoms with Gasteiger partial charge in [-0.25, -0.2) is 13.1 Å². The molecule has 0 saturated carbocycles. The molecule has 0 bridgehead atoms. The van der Waals surface area contributed by atoms with Crippen molar-refractivity contribution in [3.63, 3.8) is 0 Å². The Morgan fingerprint density at radius 1 is 1.06 bits per heavy atom. The summed E-state index contributed by atoms with van der Waals surface area (Å²) in [6.45, 7) is 2.33. The van der Waals surface area contributed by atoms with Crippen molar-refractivity contribution in [3.05, 3.63) is 96.0 Å². The number of hydrogen-bond donors (Lipinski definition) is 1. The Balaban J connectivity index is 1.42. The summed E-state index contributed by atoms with van der Waals surface area (Å²) in [6.07, 6.45) is 4.77. The Morgan fingerprint density at radius 2 is 1.82 bits per heavy atom. The zero-order chi connectivity index (χ0) is 23.3. The third kappa shape index (κ3) is 5.78. The highest BCUT2D eigenvalue weighted by Crippen LogP contribution is 2.25. The summed E-state index contributed by atoms with van der Waals surface area (Å²) in [6, 6.07) is 19.9. The molecule has 0 radical (unpaired) electrons. The Labute approximate surface area is 194 Å². The first-order valence-electron chi connectivity index (χ1n) is 10.8. The number of sulfonamides is 1. The van der Waals surface area contributed by atoms with Crippen molar-refractivity contribution in [1.82, 2.24) is 14.5 Å². The molecule has 0 aliphatic carbocycles. The summed E-state index contributed by atoms with van der Waals surface area (Å²) >= 11 is 0. The summed E-state index contributed by atoms with van der Waals surface area (Å²) in [4.78, 5) is 17.3. The van der Waals surface area contributed by atoms with E-state index in [4.69, 9.17) is 4.42 Å². The number of amides is 1. The van der Waals surface area contributed by atoms with E-state index in [0.717, 1.165) is 24.2 Å². The Bertz CT molecular complexity index is 1190. The fourth-order valence-electron chi connectivity index (χ4n) is 3.83. The molecule has 4 rings (SSSR count). The maximum Gasteiger partial charge on any atom is 0.247 e. The van der Waals surface area contributed by atoms with Gasteiger partial charge in [-0.2, -0.15) is 0 Å². The van der Waals surface area contributed by atoms with Gasteiger partial charge in [-0.3, -0.25) is 4.79 Å². The molecule has 2 heterocycles. The number of carbonyl (C=O) groups excluding carboxylic acids is 1. The lowest BCUT2D eigenvalue weighted by molar-refractivity contribution is -0.130. The van der Waals surface area contributed by atoms with Crippen molar-refractivity contribution < 1.29 is 17.6 Å². The minimum absolute atomic E-state index is 0.00476. The molecule has 172 valence electrons. The van der Waals surface area contributed by atoms with Gasteiger partial charge in [-0.05, 0) is 48.5 Å². The van der Waals surface area contributed by atoms with Crippen molar-refractivity contribution in [2.75, 3.05) is 26.7 Å². The summed E-state index contributed by atoms with van der Waals surface area (Å²) in [5.41, 5.74) is 1.86. The molecule has 1 amide bonds. The van der Waals surface area contributed by atoms with Crippen molar-refractivity contribution >= 4 is 22.0 Å². The third-order valence-electron chi connectivity index (χ3n) is 5.68. The van der Waals surface area contributed by atoms with E-state index in [-0.39, 0.29) is 23.4 Å². The van der Waals surface area contributed by atoms with Crippen molar-refractivity contribution in [2.45, 2.75) is 17.5 Å². The molecule has 1 unspecified atom stereocenters. The molecule has 0 spiro atoms. The van der Waals surface area contributed by atoms with E-state index < -0.39 is 10.0 Å². The number of benzene rings is 2. The lowest BCUT2D eigenvalue weighted by Gasteiger charge is -2.39. The van der Waals surface area contributed by atoms with Gasteiger partial charge < -0.3 is 14.2 Å². The van der Waals surface area contributed by atoms with Crippen LogP contribution in [0.4, 0.5) is 0 Å². The maximum atomic E-state index is 13.0. The molecule has 33 heavy (non-hydrogen) atoms. The van der Waals surface area contributed by atoms with E-state index in [2.05, 4.69) is 16.7 Å². The van der Waals surface area contributed by atoms with E-state index in [9.17, 15) is 13.2 Å². The van der Waals surface area contributed by atoms with E-state index >= 15 is 0 Å². The van der Waals surface area contributed by atoms with Gasteiger partial charge in [0.05, 0.1) is 23.7 Å². The Hall–Kier alpha value is -3.20. The monoisotopic (exact) mass is 465 g/mol. The van der Waals surface area contributed by atoms with Crippen LogP contribution in [0, 0.1) is 0 Å². The molecule has 1 fully saturated rings. The van der Waals surface area contributed by atoms with Gasteiger partial charge in [0.15, 0.2) is 0 Å². The highest BCUT2D eigenvalue weighted by Gasteiger charge is 2.29. The molecule has 8 heteroatoms. The highest BCUT2D eigenvalue weighted by atomic mass is 32.2. The highest BCUT2D eigenvalue weighted by molar-refractivity contribution is 7.89. The average molecular weight is 466 g/mol. The number of carbonyl (C=O) groups is 1. The van der Waals surface area contributed by atoms with Crippen LogP contribution >= 0.6 is 0 Å². The van der Waals surface area contributed by atoms with Gasteiger partial charge in [-0.1, -0.05) is 42.5 Å². The normalized spacial score (nSPS) is 17.5. The van der Waals surface area contributed by atoms with Crippen LogP contribution in [0.15, 0.2) is 88.4 Å². The molecule has 7 nitrogen and oxygen atoms in total. The van der Waals surface area contributed by atoms with Crippen LogP contribution in [0.2, 0.25) is 0 Å². The number of furan rings is 1. The molecule has 1 aliphatic rings. The molecule has 3 aromatic rings. The van der Waals surface area contributed by atoms with Gasteiger partial charge in [-0.15, -0.1) is 0 Å². The fourth-order valence-corrected chi connectivity index (χ4v) is 4.82. The van der Waals surface area contributed by atoms with Crippen LogP contribution in [0.1, 0.15) is 22.9 Å². The topological polar surface area (TPSA) is 82.9 Å². The van der Waals surface area contributed by atoms with Crippen LogP contribution < -0.4 is 4.72 Å². The lowest BCUT2D eigenvalue weighted by atomic mass is 10.0. The van der Waals surface area contributed by atoms with Crippen LogP contribution in [0.3, 0.4) is 0 Å². The summed E-state index contributed by atoms with van der Waals surface area (Å²) < 4.78 is 32.6. The van der Waals surface area contributed by atoms with Crippen LogP contribution in [0.5, 0.6) is 0 Å². The molecule has 1 saturated heterocycles. The zero-order valence-electron chi connectivity index (χ0n) is 18.4. The molecule has 1 N–H and O–H groups in total. The number of hydrogen-bond acceptors (Lipinski definition) is 5. The second-order valence-corrected chi connectivity index (χ2v) is 9.79. The third-order valence-corrected chi connectivity index (χ3v) is 7.09. The number of piperazine rings is 1. The Kier molecular flexibility index (Phi) is 7.08. The zero-order valence-corrected chi connectivity index (χ0v) is 19.2. The maximum absolute atomic E-state index is 13.0. The molecule has 1 aromatic heterocycles. The van der Waals surface area contributed by atoms with Gasteiger partial charge >= 0.3 is 0 Å². The predicted octanol–water partition coefficient (Wildman–Crippen LogP) is 3.29. The van der Waals surface area contributed by atoms with Crippen molar-refractivity contribution in [1.29, 1.82) is 0 Å². The number of nitrogens with one attached hydrogen (secondary N) is 1. The molecular weight excluding hydrogens is 438 g/mol. The van der Waals surface area contributed by atoms with Crippen LogP contribution in [0.25, 0.3) is 6.08 Å². The van der Waals surface area contributed by atoms with E-state index in [1.807, 2.05) is 35.2 Å². The molecule has 1 atom stereocenters. The van der Waals surface area contributed by atoms with Crippen LogP contribution in [-0.4, -0.2) is 50.8 Å². The van der Waals surface area contributed by atoms with Gasteiger partial charge in [0, 0.05) is 25.7 Å². The van der Waals surface area contributed by atoms with Crippen molar-refractivity contribution in [2.24, 2.45) is 0 Å². The smallest absolute Gasteiger partial charge is 0.247 e. The average Bonchev–Trinajstić information content (AvgIpc) is 3.36. The first kappa shape index (κ1) is 23.0. The van der Waals surface area contributed by atoms with Crippen molar-refractivity contribution in [3.8, 4) is 0 Å². The summed E-state index contributed by atoms with van der Waals surface area (Å²) in [7, 11) is -1.60. The molecule has 1 aliphatic heterocycles. The first-order chi connectivity index (χ1) is 15.9. The number of nitrogens with zero attached hydrogens (tertiary/aromatic N) is 2. The Morgan fingerprint density at radius 3 is 2.52 bits per heavy atom. The summed E-state index contributed by atoms with van der Waals surface area (Å²) in [5, 5.41) is 0. The van der Waals surface area contributed by atoms with Gasteiger partial charge in [0.2, 0.25) is 15.9 Å². The predicted molar refractivity (Wildman–Crippen MR) is 127 cm³/mol. The molecular formula is C25H27N3O4S. The second-order valence-electron chi connectivity index (χ2n) is 8.03. The van der Waals surface area contributed by atoms with E-state index in [0.29, 0.717) is 12.3 Å². The molecule has 2 aromatic carbocycles. The number of likely N-dealkylation sites (N-methyl/N-ethyl adjacent to an activating group) is 1. The SMILES string of the molecule is CN1CCN(C(=O)/C=C/c2ccc(S(=O)(=O)NCc3ccco3)cc2)C(c2ccccc2)C1. The van der Waals surface area contributed by atoms with Gasteiger partial charge in [0.1, 0.15) is 5.76 Å². The van der Waals surface area contributed by atoms with Gasteiger partial charge in [0.25, 0.3) is 0 Å². The van der Waals surface area contributed by atoms with Crippen LogP contribution in [-0.2, 0) is 21.4 Å². The quantitative estimate of drug-likeness (QED) is 0.542. The number of rotatable bonds is 7. The fraction of sp³-hybridized carbons (Fsp3) is 0.240. The minimum Gasteiger partial charge on any atom is -0.468 e. The second kappa shape index (κ2) is 10.2. The minimum atomic E-state index is -3.66.